The van der Waals surface area contributed by atoms with Gasteiger partial charge in [-0.1, -0.05) is 0 Å². The summed E-state index contributed by atoms with van der Waals surface area (Å²) in [4.78, 5) is 27.9. The molecule has 1 aromatic carbocycles. The molecule has 1 aliphatic rings. The van der Waals surface area contributed by atoms with E-state index in [2.05, 4.69) is 25.6 Å². The van der Waals surface area contributed by atoms with Gasteiger partial charge in [-0.05, 0) is 31.0 Å². The molecule has 8 heteroatoms. The molecule has 140 valence electrons. The third-order valence-corrected chi connectivity index (χ3v) is 5.60. The standard InChI is InChI=1S/C19H22N6OS/c1-2-25-12-13(7-18(25)26)9-20-10-15-11-23-19(27-15)24-14-3-4-16-17(8-14)22-6-5-21-16/h3-6,8,11,13,20H,2,7,9-10,12H2,1H3,(H,23,24)/t13-/m0/s1. The number of hydrogen-bond donors (Lipinski definition) is 2. The van der Waals surface area contributed by atoms with Crippen LogP contribution in [0, 0.1) is 5.92 Å². The Kier molecular flexibility index (Phi) is 5.26. The van der Waals surface area contributed by atoms with Gasteiger partial charge in [-0.2, -0.15) is 0 Å². The van der Waals surface area contributed by atoms with Crippen LogP contribution < -0.4 is 10.6 Å². The van der Waals surface area contributed by atoms with Gasteiger partial charge in [0.25, 0.3) is 0 Å². The van der Waals surface area contributed by atoms with Gasteiger partial charge in [-0.15, -0.1) is 11.3 Å². The molecule has 1 fully saturated rings. The number of hydrogen-bond acceptors (Lipinski definition) is 7. The molecule has 4 rings (SSSR count). The molecule has 0 radical (unpaired) electrons. The first-order chi connectivity index (χ1) is 13.2. The molecule has 0 spiro atoms. The fraction of sp³-hybridized carbons (Fsp3) is 0.368. The van der Waals surface area contributed by atoms with Gasteiger partial charge in [0.2, 0.25) is 5.91 Å². The van der Waals surface area contributed by atoms with Crippen LogP contribution in [0.3, 0.4) is 0 Å². The molecule has 0 saturated carbocycles. The number of nitrogens with zero attached hydrogens (tertiary/aromatic N) is 4. The number of carbonyl (C=O) groups is 1. The van der Waals surface area contributed by atoms with Crippen LogP contribution in [0.15, 0.2) is 36.8 Å². The first-order valence-corrected chi connectivity index (χ1v) is 9.94. The van der Waals surface area contributed by atoms with E-state index < -0.39 is 0 Å². The minimum atomic E-state index is 0.272. The highest BCUT2D eigenvalue weighted by molar-refractivity contribution is 7.15. The van der Waals surface area contributed by atoms with Crippen molar-refractivity contribution in [2.75, 3.05) is 25.0 Å². The number of anilines is 2. The molecular formula is C19H22N6OS. The topological polar surface area (TPSA) is 83.0 Å². The average molecular weight is 382 g/mol. The zero-order valence-electron chi connectivity index (χ0n) is 15.2. The predicted molar refractivity (Wildman–Crippen MR) is 107 cm³/mol. The Morgan fingerprint density at radius 1 is 1.22 bits per heavy atom. The Labute approximate surface area is 161 Å². The van der Waals surface area contributed by atoms with Crippen molar-refractivity contribution >= 4 is 39.1 Å². The van der Waals surface area contributed by atoms with Gasteiger partial charge >= 0.3 is 0 Å². The summed E-state index contributed by atoms with van der Waals surface area (Å²) in [5.41, 5.74) is 2.67. The van der Waals surface area contributed by atoms with Crippen LogP contribution in [0.25, 0.3) is 11.0 Å². The smallest absolute Gasteiger partial charge is 0.222 e. The lowest BCUT2D eigenvalue weighted by Crippen LogP contribution is -2.27. The van der Waals surface area contributed by atoms with Gasteiger partial charge in [-0.25, -0.2) is 4.98 Å². The van der Waals surface area contributed by atoms with Crippen LogP contribution in [0.1, 0.15) is 18.2 Å². The first kappa shape index (κ1) is 17.8. The van der Waals surface area contributed by atoms with Crippen molar-refractivity contribution in [1.82, 2.24) is 25.2 Å². The lowest BCUT2D eigenvalue weighted by Gasteiger charge is -2.13. The van der Waals surface area contributed by atoms with Gasteiger partial charge in [0.1, 0.15) is 0 Å². The van der Waals surface area contributed by atoms with E-state index in [1.54, 1.807) is 23.7 Å². The molecule has 7 nitrogen and oxygen atoms in total. The van der Waals surface area contributed by atoms with Crippen LogP contribution in [0.2, 0.25) is 0 Å². The molecule has 2 aromatic heterocycles. The third kappa shape index (κ3) is 4.23. The molecular weight excluding hydrogens is 360 g/mol. The summed E-state index contributed by atoms with van der Waals surface area (Å²) in [5, 5.41) is 7.63. The zero-order chi connectivity index (χ0) is 18.6. The summed E-state index contributed by atoms with van der Waals surface area (Å²) in [5.74, 6) is 0.676. The quantitative estimate of drug-likeness (QED) is 0.654. The number of carbonyl (C=O) groups excluding carboxylic acids is 1. The number of benzene rings is 1. The third-order valence-electron chi connectivity index (χ3n) is 4.68. The van der Waals surface area contributed by atoms with Gasteiger partial charge in [0.05, 0.1) is 11.0 Å². The van der Waals surface area contributed by atoms with E-state index >= 15 is 0 Å². The lowest BCUT2D eigenvalue weighted by molar-refractivity contribution is -0.127. The molecule has 27 heavy (non-hydrogen) atoms. The van der Waals surface area contributed by atoms with E-state index in [1.165, 1.54) is 0 Å². The van der Waals surface area contributed by atoms with Crippen molar-refractivity contribution in [2.45, 2.75) is 19.9 Å². The van der Waals surface area contributed by atoms with Crippen molar-refractivity contribution in [3.63, 3.8) is 0 Å². The van der Waals surface area contributed by atoms with E-state index in [0.717, 1.165) is 52.9 Å². The van der Waals surface area contributed by atoms with Crippen LogP contribution >= 0.6 is 11.3 Å². The molecule has 1 saturated heterocycles. The summed E-state index contributed by atoms with van der Waals surface area (Å²) in [6.45, 7) is 5.32. The van der Waals surface area contributed by atoms with Crippen molar-refractivity contribution in [3.05, 3.63) is 41.7 Å². The maximum atomic E-state index is 11.8. The largest absolute Gasteiger partial charge is 0.343 e. The fourth-order valence-electron chi connectivity index (χ4n) is 3.31. The summed E-state index contributed by atoms with van der Waals surface area (Å²) < 4.78 is 0. The average Bonchev–Trinajstić information content (AvgIpc) is 3.27. The normalized spacial score (nSPS) is 17.0. The van der Waals surface area contributed by atoms with E-state index in [9.17, 15) is 4.79 Å². The maximum Gasteiger partial charge on any atom is 0.222 e. The second-order valence-electron chi connectivity index (χ2n) is 6.65. The van der Waals surface area contributed by atoms with Gasteiger partial charge < -0.3 is 15.5 Å². The Morgan fingerprint density at radius 2 is 2.07 bits per heavy atom. The predicted octanol–water partition coefficient (Wildman–Crippen LogP) is 2.79. The number of amides is 1. The van der Waals surface area contributed by atoms with Gasteiger partial charge in [-0.3, -0.25) is 14.8 Å². The number of likely N-dealkylation sites (tertiary alicyclic amines) is 1. The number of aromatic nitrogens is 3. The van der Waals surface area contributed by atoms with E-state index in [1.807, 2.05) is 36.2 Å². The highest BCUT2D eigenvalue weighted by atomic mass is 32.1. The van der Waals surface area contributed by atoms with Crippen LogP contribution in [-0.2, 0) is 11.3 Å². The van der Waals surface area contributed by atoms with Crippen LogP contribution in [-0.4, -0.2) is 45.4 Å². The number of fused-ring (bicyclic) bond motifs is 1. The fourth-order valence-corrected chi connectivity index (χ4v) is 4.11. The second kappa shape index (κ2) is 7.98. The molecule has 2 N–H and O–H groups in total. The highest BCUT2D eigenvalue weighted by Crippen LogP contribution is 2.24. The minimum absolute atomic E-state index is 0.272. The van der Waals surface area contributed by atoms with Crippen molar-refractivity contribution in [2.24, 2.45) is 5.92 Å². The molecule has 3 heterocycles. The van der Waals surface area contributed by atoms with Crippen molar-refractivity contribution < 1.29 is 4.79 Å². The van der Waals surface area contributed by atoms with E-state index in [-0.39, 0.29) is 5.91 Å². The Bertz CT molecular complexity index is 943. The first-order valence-electron chi connectivity index (χ1n) is 9.12. The van der Waals surface area contributed by atoms with Crippen molar-refractivity contribution in [3.8, 4) is 0 Å². The summed E-state index contributed by atoms with van der Waals surface area (Å²) in [7, 11) is 0. The molecule has 1 atom stereocenters. The monoisotopic (exact) mass is 382 g/mol. The molecule has 0 aliphatic carbocycles. The Balaban J connectivity index is 1.30. The Morgan fingerprint density at radius 3 is 2.89 bits per heavy atom. The highest BCUT2D eigenvalue weighted by Gasteiger charge is 2.27. The molecule has 3 aromatic rings. The SMILES string of the molecule is CCN1C[C@H](CNCc2cnc(Nc3ccc4nccnc4c3)s2)CC1=O. The lowest BCUT2D eigenvalue weighted by atomic mass is 10.1. The maximum absolute atomic E-state index is 11.8. The summed E-state index contributed by atoms with van der Waals surface area (Å²) >= 11 is 1.62. The summed E-state index contributed by atoms with van der Waals surface area (Å²) in [6, 6.07) is 5.90. The number of nitrogens with one attached hydrogen (secondary N) is 2. The molecule has 0 unspecified atom stereocenters. The van der Waals surface area contributed by atoms with Crippen LogP contribution in [0.5, 0.6) is 0 Å². The van der Waals surface area contributed by atoms with Crippen LogP contribution in [0.4, 0.5) is 10.8 Å². The molecule has 1 aliphatic heterocycles. The van der Waals surface area contributed by atoms with E-state index in [4.69, 9.17) is 0 Å². The zero-order valence-corrected chi connectivity index (χ0v) is 16.0. The minimum Gasteiger partial charge on any atom is -0.343 e. The number of thiazole rings is 1. The second-order valence-corrected chi connectivity index (χ2v) is 7.77. The number of rotatable bonds is 7. The van der Waals surface area contributed by atoms with Gasteiger partial charge in [0.15, 0.2) is 5.13 Å². The summed E-state index contributed by atoms with van der Waals surface area (Å²) in [6.07, 6.45) is 5.92. The molecule has 1 amide bonds. The van der Waals surface area contributed by atoms with Crippen molar-refractivity contribution in [1.29, 1.82) is 0 Å². The van der Waals surface area contributed by atoms with Gasteiger partial charge in [0, 0.05) is 61.8 Å². The molecule has 0 bridgehead atoms. The van der Waals surface area contributed by atoms with E-state index in [0.29, 0.717) is 12.3 Å². The Hall–Kier alpha value is -2.58.